The SMILES string of the molecule is O=C(Nc1ccc(CN2CCCC(O)(C(=O)O)C2)cn1)c1cccc(-c2ccccc2)c1Cl. The van der Waals surface area contributed by atoms with E-state index in [2.05, 4.69) is 10.3 Å². The van der Waals surface area contributed by atoms with Crippen molar-refractivity contribution < 1.29 is 19.8 Å². The number of aliphatic hydroxyl groups is 1. The van der Waals surface area contributed by atoms with Gasteiger partial charge in [0.2, 0.25) is 0 Å². The zero-order chi connectivity index (χ0) is 23.4. The number of nitrogens with one attached hydrogen (secondary N) is 1. The minimum Gasteiger partial charge on any atom is -0.479 e. The molecule has 1 saturated heterocycles. The standard InChI is InChI=1S/C25H24ClN3O4/c26-22-19(18-6-2-1-3-7-18)8-4-9-20(22)23(30)28-21-11-10-17(14-27-21)15-29-13-5-12-25(33,16-29)24(31)32/h1-4,6-11,14,33H,5,12-13,15-16H2,(H,31,32)(H,27,28,30). The molecule has 0 spiro atoms. The first kappa shape index (κ1) is 22.9. The van der Waals surface area contributed by atoms with E-state index in [0.29, 0.717) is 35.9 Å². The second kappa shape index (κ2) is 9.70. The van der Waals surface area contributed by atoms with Crippen LogP contribution in [0.3, 0.4) is 0 Å². The van der Waals surface area contributed by atoms with Crippen LogP contribution in [0, 0.1) is 0 Å². The lowest BCUT2D eigenvalue weighted by Crippen LogP contribution is -2.52. The van der Waals surface area contributed by atoms with Crippen molar-refractivity contribution in [2.45, 2.75) is 25.0 Å². The average Bonchev–Trinajstić information content (AvgIpc) is 2.81. The van der Waals surface area contributed by atoms with E-state index < -0.39 is 11.6 Å². The maximum atomic E-state index is 12.8. The second-order valence-electron chi connectivity index (χ2n) is 8.19. The summed E-state index contributed by atoms with van der Waals surface area (Å²) < 4.78 is 0. The zero-order valence-electron chi connectivity index (χ0n) is 17.9. The minimum atomic E-state index is -1.72. The molecular formula is C25H24ClN3O4. The van der Waals surface area contributed by atoms with E-state index in [-0.39, 0.29) is 18.9 Å². The van der Waals surface area contributed by atoms with Gasteiger partial charge in [0.25, 0.3) is 5.91 Å². The molecule has 1 atom stereocenters. The number of carboxylic acid groups (broad SMARTS) is 1. The van der Waals surface area contributed by atoms with E-state index >= 15 is 0 Å². The van der Waals surface area contributed by atoms with Crippen LogP contribution < -0.4 is 5.32 Å². The van der Waals surface area contributed by atoms with E-state index in [9.17, 15) is 19.8 Å². The molecule has 0 radical (unpaired) electrons. The molecular weight excluding hydrogens is 442 g/mol. The fourth-order valence-corrected chi connectivity index (χ4v) is 4.34. The number of halogens is 1. The number of piperidine rings is 1. The number of carbonyl (C=O) groups excluding carboxylic acids is 1. The van der Waals surface area contributed by atoms with Crippen LogP contribution in [0.1, 0.15) is 28.8 Å². The van der Waals surface area contributed by atoms with Crippen molar-refractivity contribution in [2.75, 3.05) is 18.4 Å². The fraction of sp³-hybridized carbons (Fsp3) is 0.240. The third kappa shape index (κ3) is 5.22. The Kier molecular flexibility index (Phi) is 6.74. The summed E-state index contributed by atoms with van der Waals surface area (Å²) in [5, 5.41) is 22.6. The molecule has 0 bridgehead atoms. The van der Waals surface area contributed by atoms with Gasteiger partial charge in [0.1, 0.15) is 5.82 Å². The van der Waals surface area contributed by atoms with Crippen LogP contribution >= 0.6 is 11.6 Å². The summed E-state index contributed by atoms with van der Waals surface area (Å²) >= 11 is 6.53. The second-order valence-corrected chi connectivity index (χ2v) is 8.57. The number of carboxylic acids is 1. The number of hydrogen-bond donors (Lipinski definition) is 3. The molecule has 4 rings (SSSR count). The summed E-state index contributed by atoms with van der Waals surface area (Å²) in [5.74, 6) is -1.18. The van der Waals surface area contributed by atoms with Gasteiger partial charge in [-0.1, -0.05) is 60.1 Å². The van der Waals surface area contributed by atoms with Crippen LogP contribution in [-0.2, 0) is 11.3 Å². The topological polar surface area (TPSA) is 103 Å². The van der Waals surface area contributed by atoms with Gasteiger partial charge in [-0.2, -0.15) is 0 Å². The Morgan fingerprint density at radius 2 is 1.88 bits per heavy atom. The van der Waals surface area contributed by atoms with Gasteiger partial charge in [-0.15, -0.1) is 0 Å². The summed E-state index contributed by atoms with van der Waals surface area (Å²) in [6.45, 7) is 1.23. The highest BCUT2D eigenvalue weighted by atomic mass is 35.5. The molecule has 0 aliphatic carbocycles. The van der Waals surface area contributed by atoms with E-state index in [1.165, 1.54) is 0 Å². The summed E-state index contributed by atoms with van der Waals surface area (Å²) in [5.41, 5.74) is 1.19. The lowest BCUT2D eigenvalue weighted by molar-refractivity contribution is -0.164. The molecule has 33 heavy (non-hydrogen) atoms. The predicted octanol–water partition coefficient (Wildman–Crippen LogP) is 4.07. The first-order valence-electron chi connectivity index (χ1n) is 10.6. The number of hydrogen-bond acceptors (Lipinski definition) is 5. The van der Waals surface area contributed by atoms with Crippen LogP contribution in [0.25, 0.3) is 11.1 Å². The summed E-state index contributed by atoms with van der Waals surface area (Å²) in [6.07, 6.45) is 2.48. The molecule has 1 unspecified atom stereocenters. The van der Waals surface area contributed by atoms with Crippen LogP contribution in [0.5, 0.6) is 0 Å². The van der Waals surface area contributed by atoms with Gasteiger partial charge in [0.05, 0.1) is 10.6 Å². The van der Waals surface area contributed by atoms with E-state index in [1.54, 1.807) is 24.4 Å². The number of nitrogens with zero attached hydrogens (tertiary/aromatic N) is 2. The summed E-state index contributed by atoms with van der Waals surface area (Å²) in [6, 6.07) is 18.4. The molecule has 170 valence electrons. The monoisotopic (exact) mass is 465 g/mol. The van der Waals surface area contributed by atoms with E-state index in [1.807, 2.05) is 47.4 Å². The van der Waals surface area contributed by atoms with Crippen LogP contribution in [0.2, 0.25) is 5.02 Å². The van der Waals surface area contributed by atoms with Crippen molar-refractivity contribution in [1.82, 2.24) is 9.88 Å². The van der Waals surface area contributed by atoms with Crippen molar-refractivity contribution in [1.29, 1.82) is 0 Å². The molecule has 1 aromatic heterocycles. The third-order valence-electron chi connectivity index (χ3n) is 5.75. The number of aromatic nitrogens is 1. The van der Waals surface area contributed by atoms with Gasteiger partial charge in [0.15, 0.2) is 5.60 Å². The highest BCUT2D eigenvalue weighted by Gasteiger charge is 2.40. The maximum absolute atomic E-state index is 12.8. The largest absolute Gasteiger partial charge is 0.479 e. The van der Waals surface area contributed by atoms with E-state index in [4.69, 9.17) is 11.6 Å². The molecule has 3 N–H and O–H groups in total. The number of amides is 1. The molecule has 0 saturated carbocycles. The quantitative estimate of drug-likeness (QED) is 0.507. The molecule has 1 aliphatic heterocycles. The zero-order valence-corrected chi connectivity index (χ0v) is 18.6. The van der Waals surface area contributed by atoms with Crippen LogP contribution in [0.15, 0.2) is 66.9 Å². The molecule has 1 aliphatic rings. The van der Waals surface area contributed by atoms with Gasteiger partial charge >= 0.3 is 5.97 Å². The smallest absolute Gasteiger partial charge is 0.337 e. The van der Waals surface area contributed by atoms with Gasteiger partial charge in [-0.3, -0.25) is 9.69 Å². The number of likely N-dealkylation sites (tertiary alicyclic amines) is 1. The molecule has 1 amide bonds. The Labute approximate surface area is 196 Å². The van der Waals surface area contributed by atoms with E-state index in [0.717, 1.165) is 16.7 Å². The van der Waals surface area contributed by atoms with Crippen molar-refractivity contribution >= 4 is 29.3 Å². The van der Waals surface area contributed by atoms with Crippen LogP contribution in [0.4, 0.5) is 5.82 Å². The number of anilines is 1. The number of rotatable bonds is 6. The van der Waals surface area contributed by atoms with Crippen LogP contribution in [-0.4, -0.2) is 50.7 Å². The Balaban J connectivity index is 1.42. The molecule has 7 nitrogen and oxygen atoms in total. The fourth-order valence-electron chi connectivity index (χ4n) is 4.01. The van der Waals surface area contributed by atoms with Gasteiger partial charge in [-0.25, -0.2) is 9.78 Å². The Bertz CT molecular complexity index is 1150. The first-order chi connectivity index (χ1) is 15.9. The molecule has 2 aromatic carbocycles. The predicted molar refractivity (Wildman–Crippen MR) is 126 cm³/mol. The minimum absolute atomic E-state index is 0.0665. The number of aliphatic carboxylic acids is 1. The third-order valence-corrected chi connectivity index (χ3v) is 6.16. The number of β-amino-alcohol motifs (C(OH)–C–C–N with tert-alkyl or cyclic N) is 1. The van der Waals surface area contributed by atoms with Gasteiger partial charge < -0.3 is 15.5 Å². The Morgan fingerprint density at radius 1 is 1.09 bits per heavy atom. The number of benzene rings is 2. The molecule has 8 heteroatoms. The first-order valence-corrected chi connectivity index (χ1v) is 11.0. The lowest BCUT2D eigenvalue weighted by atomic mass is 9.93. The summed E-state index contributed by atoms with van der Waals surface area (Å²) in [7, 11) is 0. The molecule has 3 aromatic rings. The van der Waals surface area contributed by atoms with Gasteiger partial charge in [0, 0.05) is 24.8 Å². The number of carbonyl (C=O) groups is 2. The lowest BCUT2D eigenvalue weighted by Gasteiger charge is -2.36. The van der Waals surface area contributed by atoms with Crippen molar-refractivity contribution in [3.8, 4) is 11.1 Å². The number of pyridine rings is 1. The highest BCUT2D eigenvalue weighted by Crippen LogP contribution is 2.31. The average molecular weight is 466 g/mol. The Morgan fingerprint density at radius 3 is 2.58 bits per heavy atom. The molecule has 2 heterocycles. The van der Waals surface area contributed by atoms with Crippen molar-refractivity contribution in [3.63, 3.8) is 0 Å². The normalized spacial score (nSPS) is 18.6. The molecule has 1 fully saturated rings. The maximum Gasteiger partial charge on any atom is 0.337 e. The highest BCUT2D eigenvalue weighted by molar-refractivity contribution is 6.37. The Hall–Kier alpha value is -3.26. The van der Waals surface area contributed by atoms with Crippen molar-refractivity contribution in [3.05, 3.63) is 83.0 Å². The summed E-state index contributed by atoms with van der Waals surface area (Å²) in [4.78, 5) is 30.4. The van der Waals surface area contributed by atoms with Gasteiger partial charge in [-0.05, 0) is 42.6 Å². The van der Waals surface area contributed by atoms with Crippen molar-refractivity contribution in [2.24, 2.45) is 0 Å².